The Kier molecular flexibility index (Phi) is 6.39. The molecule has 2 atom stereocenters. The van der Waals surface area contributed by atoms with Gasteiger partial charge in [-0.05, 0) is 43.0 Å². The number of hydrogen-bond acceptors (Lipinski definition) is 4. The number of rotatable bonds is 6. The second-order valence-corrected chi connectivity index (χ2v) is 10.1. The van der Waals surface area contributed by atoms with Gasteiger partial charge in [-0.3, -0.25) is 9.59 Å². The maximum Gasteiger partial charge on any atom is 0.323 e. The van der Waals surface area contributed by atoms with Crippen LogP contribution in [0, 0.1) is 6.92 Å². The molecule has 1 heterocycles. The van der Waals surface area contributed by atoms with E-state index in [1.54, 1.807) is 0 Å². The molecule has 0 unspecified atom stereocenters. The van der Waals surface area contributed by atoms with E-state index in [0.29, 0.717) is 0 Å². The Morgan fingerprint density at radius 3 is 2.29 bits per heavy atom. The fraction of sp³-hybridized carbons (Fsp3) is 0.440. The molecule has 1 aliphatic heterocycles. The zero-order chi connectivity index (χ0) is 22.0. The minimum atomic E-state index is -1.30. The predicted octanol–water partition coefficient (Wildman–Crippen LogP) is 4.71. The molecule has 2 aromatic carbocycles. The molecule has 164 valence electrons. The molecule has 2 aromatic rings. The molecule has 0 bridgehead atoms. The summed E-state index contributed by atoms with van der Waals surface area (Å²) in [6.45, 7) is 1.93. The summed E-state index contributed by atoms with van der Waals surface area (Å²) in [4.78, 5) is 28.9. The Morgan fingerprint density at radius 1 is 1.06 bits per heavy atom. The van der Waals surface area contributed by atoms with Crippen LogP contribution in [0.5, 0.6) is 0 Å². The fourth-order valence-corrected chi connectivity index (χ4v) is 6.27. The zero-order valence-electron chi connectivity index (χ0n) is 17.8. The van der Waals surface area contributed by atoms with E-state index >= 15 is 0 Å². The molecule has 0 aromatic heterocycles. The Hall–Kier alpha value is -2.31. The van der Waals surface area contributed by atoms with E-state index in [4.69, 9.17) is 0 Å². The molecule has 2 N–H and O–H groups in total. The van der Waals surface area contributed by atoms with Crippen molar-refractivity contribution >= 4 is 23.6 Å². The average Bonchev–Trinajstić information content (AvgIpc) is 3.09. The lowest BCUT2D eigenvalue weighted by atomic mass is 9.89. The molecular weight excluding hydrogens is 410 g/mol. The van der Waals surface area contributed by atoms with Crippen LogP contribution in [0.2, 0.25) is 0 Å². The number of aliphatic hydroxyl groups excluding tert-OH is 1. The zero-order valence-corrected chi connectivity index (χ0v) is 18.6. The van der Waals surface area contributed by atoms with Crippen molar-refractivity contribution in [3.8, 4) is 0 Å². The van der Waals surface area contributed by atoms with Gasteiger partial charge < -0.3 is 15.1 Å². The number of carboxylic acids is 1. The molecule has 4 rings (SSSR count). The minimum absolute atomic E-state index is 0.0240. The third kappa shape index (κ3) is 4.23. The molecule has 31 heavy (non-hydrogen) atoms. The lowest BCUT2D eigenvalue weighted by Gasteiger charge is -2.40. The van der Waals surface area contributed by atoms with Crippen LogP contribution < -0.4 is 0 Å². The Bertz CT molecular complexity index is 937. The number of aryl methyl sites for hydroxylation is 1. The van der Waals surface area contributed by atoms with Gasteiger partial charge in [0, 0.05) is 10.9 Å². The smallest absolute Gasteiger partial charge is 0.323 e. The number of amides is 1. The normalized spacial score (nSPS) is 24.5. The number of nitrogens with zero attached hydrogens (tertiary/aromatic N) is 1. The van der Waals surface area contributed by atoms with Crippen LogP contribution >= 0.6 is 11.8 Å². The summed E-state index contributed by atoms with van der Waals surface area (Å²) in [5, 5.41) is 19.9. The van der Waals surface area contributed by atoms with Gasteiger partial charge in [-0.2, -0.15) is 0 Å². The molecule has 6 heteroatoms. The van der Waals surface area contributed by atoms with Crippen molar-refractivity contribution in [1.82, 2.24) is 4.90 Å². The summed E-state index contributed by atoms with van der Waals surface area (Å²) in [6, 6.07) is 14.7. The van der Waals surface area contributed by atoms with Crippen molar-refractivity contribution in [2.75, 3.05) is 0 Å². The van der Waals surface area contributed by atoms with Crippen LogP contribution in [0.3, 0.4) is 0 Å². The highest BCUT2D eigenvalue weighted by Gasteiger charge is 2.59. The molecule has 0 spiro atoms. The second kappa shape index (κ2) is 9.05. The number of carboxylic acid groups (broad SMARTS) is 1. The van der Waals surface area contributed by atoms with Gasteiger partial charge >= 0.3 is 5.97 Å². The molecule has 1 saturated carbocycles. The van der Waals surface area contributed by atoms with E-state index in [-0.39, 0.29) is 25.0 Å². The van der Waals surface area contributed by atoms with Crippen LogP contribution in [0.1, 0.15) is 61.3 Å². The van der Waals surface area contributed by atoms with E-state index in [9.17, 15) is 19.8 Å². The fourth-order valence-electron chi connectivity index (χ4n) is 4.93. The van der Waals surface area contributed by atoms with Crippen molar-refractivity contribution in [1.29, 1.82) is 0 Å². The number of hydrogen-bond donors (Lipinski definition) is 2. The highest BCUT2D eigenvalue weighted by Crippen LogP contribution is 2.54. The number of aliphatic carboxylic acids is 1. The summed E-state index contributed by atoms with van der Waals surface area (Å²) in [5.41, 5.74) is 2.69. The number of aliphatic hydroxyl groups is 1. The topological polar surface area (TPSA) is 77.8 Å². The van der Waals surface area contributed by atoms with E-state index < -0.39 is 16.8 Å². The summed E-state index contributed by atoms with van der Waals surface area (Å²) < 4.78 is -1.30. The van der Waals surface area contributed by atoms with Crippen molar-refractivity contribution in [2.45, 2.75) is 73.8 Å². The monoisotopic (exact) mass is 439 g/mol. The van der Waals surface area contributed by atoms with E-state index in [2.05, 4.69) is 0 Å². The van der Waals surface area contributed by atoms with Crippen molar-refractivity contribution in [2.24, 2.45) is 0 Å². The maximum atomic E-state index is 13.4. The highest BCUT2D eigenvalue weighted by atomic mass is 32.2. The summed E-state index contributed by atoms with van der Waals surface area (Å²) in [6.07, 6.45) is 5.11. The van der Waals surface area contributed by atoms with Gasteiger partial charge in [0.2, 0.25) is 5.91 Å². The van der Waals surface area contributed by atoms with E-state index in [1.165, 1.54) is 11.8 Å². The third-order valence-electron chi connectivity index (χ3n) is 6.55. The lowest BCUT2D eigenvalue weighted by molar-refractivity contribution is -0.140. The predicted molar refractivity (Wildman–Crippen MR) is 121 cm³/mol. The first-order valence-electron chi connectivity index (χ1n) is 10.9. The minimum Gasteiger partial charge on any atom is -0.480 e. The Balaban J connectivity index is 1.80. The lowest BCUT2D eigenvalue weighted by Crippen LogP contribution is -2.45. The van der Waals surface area contributed by atoms with Gasteiger partial charge in [0.15, 0.2) is 4.75 Å². The first-order chi connectivity index (χ1) is 14.9. The first-order valence-corrected chi connectivity index (χ1v) is 11.8. The van der Waals surface area contributed by atoms with Crippen LogP contribution in [0.15, 0.2) is 53.4 Å². The molecule has 0 radical (unpaired) electrons. The van der Waals surface area contributed by atoms with Crippen LogP contribution in [-0.4, -0.2) is 37.8 Å². The summed E-state index contributed by atoms with van der Waals surface area (Å²) >= 11 is 1.29. The van der Waals surface area contributed by atoms with Crippen LogP contribution in [-0.2, 0) is 16.2 Å². The van der Waals surface area contributed by atoms with Crippen LogP contribution in [0.25, 0.3) is 0 Å². The molecule has 1 amide bonds. The largest absolute Gasteiger partial charge is 0.480 e. The van der Waals surface area contributed by atoms with Crippen LogP contribution in [0.4, 0.5) is 0 Å². The number of carbonyl (C=O) groups is 2. The van der Waals surface area contributed by atoms with Gasteiger partial charge in [-0.25, -0.2) is 0 Å². The number of carbonyl (C=O) groups excluding carboxylic acids is 1. The Morgan fingerprint density at radius 2 is 1.71 bits per heavy atom. The number of thioether (sulfide) groups is 1. The number of benzene rings is 2. The molecular formula is C25H29NO4S. The molecule has 5 nitrogen and oxygen atoms in total. The summed E-state index contributed by atoms with van der Waals surface area (Å²) in [7, 11) is 0. The van der Waals surface area contributed by atoms with Crippen molar-refractivity contribution in [3.63, 3.8) is 0 Å². The maximum absolute atomic E-state index is 13.4. The average molecular weight is 440 g/mol. The molecule has 1 saturated heterocycles. The molecule has 2 fully saturated rings. The number of likely N-dealkylation sites (tertiary alicyclic amines) is 1. The summed E-state index contributed by atoms with van der Waals surface area (Å²) in [5.74, 6) is -1.04. The molecule has 2 aliphatic rings. The van der Waals surface area contributed by atoms with E-state index in [0.717, 1.165) is 53.7 Å². The van der Waals surface area contributed by atoms with Gasteiger partial charge in [-0.1, -0.05) is 61.2 Å². The van der Waals surface area contributed by atoms with Gasteiger partial charge in [0.05, 0.1) is 19.1 Å². The van der Waals surface area contributed by atoms with Gasteiger partial charge in [-0.15, -0.1) is 11.8 Å². The second-order valence-electron chi connectivity index (χ2n) is 8.68. The van der Waals surface area contributed by atoms with Crippen molar-refractivity contribution in [3.05, 3.63) is 65.2 Å². The van der Waals surface area contributed by atoms with Gasteiger partial charge in [0.1, 0.15) is 0 Å². The van der Waals surface area contributed by atoms with E-state index in [1.807, 2.05) is 60.4 Å². The molecule has 1 aliphatic carbocycles. The highest BCUT2D eigenvalue weighted by molar-refractivity contribution is 8.01. The third-order valence-corrected chi connectivity index (χ3v) is 7.97. The SMILES string of the molecule is Cc1ccc(S[C@]2(C(=O)O)CC(=O)N(C3CCCCC3)[C@@H]2c2ccc(CO)cc2)cc1. The van der Waals surface area contributed by atoms with Gasteiger partial charge in [0.25, 0.3) is 0 Å². The first kappa shape index (κ1) is 21.9. The van der Waals surface area contributed by atoms with Crippen molar-refractivity contribution < 1.29 is 19.8 Å². The Labute approximate surface area is 187 Å². The quantitative estimate of drug-likeness (QED) is 0.682. The standard InChI is InChI=1S/C25H29NO4S/c1-17-7-13-21(14-8-17)31-25(24(29)30)15-22(28)26(20-5-3-2-4-6-20)23(25)19-11-9-18(16-27)10-12-19/h7-14,20,23,27H,2-6,15-16H2,1H3,(H,29,30)/t23-,25-/m1/s1.